The van der Waals surface area contributed by atoms with E-state index in [-0.39, 0.29) is 18.2 Å². The normalized spacial score (nSPS) is 34.2. The van der Waals surface area contributed by atoms with E-state index in [1.54, 1.807) is 14.2 Å². The van der Waals surface area contributed by atoms with Crippen LogP contribution in [0.25, 0.3) is 0 Å². The first kappa shape index (κ1) is 25.1. The van der Waals surface area contributed by atoms with Gasteiger partial charge in [0.25, 0.3) is 0 Å². The summed E-state index contributed by atoms with van der Waals surface area (Å²) in [4.78, 5) is 2.27. The van der Waals surface area contributed by atoms with Gasteiger partial charge in [-0.05, 0) is 105 Å². The van der Waals surface area contributed by atoms with Crippen LogP contribution in [-0.2, 0) is 12.8 Å². The van der Waals surface area contributed by atoms with Gasteiger partial charge in [-0.15, -0.1) is 0 Å². The number of aliphatic hydroxyl groups is 1. The van der Waals surface area contributed by atoms with Crippen LogP contribution in [0.15, 0.2) is 24.3 Å². The van der Waals surface area contributed by atoms with Crippen LogP contribution in [0.3, 0.4) is 0 Å². The lowest BCUT2D eigenvalue weighted by molar-refractivity contribution is -0.0649. The number of rotatable bonds is 2. The van der Waals surface area contributed by atoms with Crippen molar-refractivity contribution < 1.29 is 24.1 Å². The molecule has 0 saturated heterocycles. The molecule has 7 rings (SSSR count). The lowest BCUT2D eigenvalue weighted by atomic mass is 9.53. The molecule has 39 heavy (non-hydrogen) atoms. The number of fused-ring (bicyclic) bond motifs is 7. The molecule has 5 aliphatic rings. The smallest absolute Gasteiger partial charge is 0.231 e. The molecule has 1 N–H and O–H groups in total. The van der Waals surface area contributed by atoms with Gasteiger partial charge in [-0.2, -0.15) is 0 Å². The van der Waals surface area contributed by atoms with E-state index < -0.39 is 5.60 Å². The molecular formula is C33H39NO5. The second-order valence-corrected chi connectivity index (χ2v) is 12.5. The third-order valence-electron chi connectivity index (χ3n) is 10.9. The van der Waals surface area contributed by atoms with Crippen molar-refractivity contribution in [1.82, 2.24) is 4.90 Å². The maximum atomic E-state index is 12.3. The molecule has 0 unspecified atom stereocenters. The van der Waals surface area contributed by atoms with Gasteiger partial charge in [-0.25, -0.2) is 0 Å². The molecule has 2 aliphatic heterocycles. The number of hydrogen-bond acceptors (Lipinski definition) is 6. The lowest BCUT2D eigenvalue weighted by Gasteiger charge is -2.52. The topological polar surface area (TPSA) is 60.4 Å². The molecule has 2 fully saturated rings. The summed E-state index contributed by atoms with van der Waals surface area (Å²) >= 11 is 0. The Morgan fingerprint density at radius 3 is 2.72 bits per heavy atom. The number of hydrogen-bond donors (Lipinski definition) is 1. The highest BCUT2D eigenvalue weighted by molar-refractivity contribution is 5.63. The van der Waals surface area contributed by atoms with Gasteiger partial charge in [0.05, 0.1) is 14.2 Å². The minimum atomic E-state index is -0.995. The molecular weight excluding hydrogens is 490 g/mol. The van der Waals surface area contributed by atoms with Crippen molar-refractivity contribution in [3.63, 3.8) is 0 Å². The Labute approximate surface area is 231 Å². The van der Waals surface area contributed by atoms with Gasteiger partial charge in [0, 0.05) is 17.5 Å². The lowest BCUT2D eigenvalue weighted by Crippen LogP contribution is -2.50. The molecule has 2 saturated carbocycles. The van der Waals surface area contributed by atoms with Crippen LogP contribution in [0.5, 0.6) is 23.0 Å². The average Bonchev–Trinajstić information content (AvgIpc) is 3.52. The van der Waals surface area contributed by atoms with E-state index in [1.807, 2.05) is 0 Å². The molecule has 2 heterocycles. The van der Waals surface area contributed by atoms with Crippen LogP contribution in [-0.4, -0.2) is 50.2 Å². The van der Waals surface area contributed by atoms with Gasteiger partial charge < -0.3 is 24.1 Å². The number of aryl methyl sites for hydroxylation is 1. The van der Waals surface area contributed by atoms with E-state index in [0.717, 1.165) is 62.1 Å². The highest BCUT2D eigenvalue weighted by Crippen LogP contribution is 2.64. The Hall–Kier alpha value is -2.88. The minimum Gasteiger partial charge on any atom is -0.497 e. The molecule has 0 bridgehead atoms. The standard InChI is InChI=1S/C33H39NO5/c1-32-13-9-24-23-8-6-22(36-3)17-20(23)5-7-25(24)26(32)10-14-33(32,35)15-11-27-29-21(12-16-34(27)2)18-28-30(31(29)37-4)39-19-38-28/h6,8,17-18,24-27,35H,5,7,9-10,12-14,16,19H2,1-4H3/t24-,25-,26-,27-,32-,33-/m0/s1. The summed E-state index contributed by atoms with van der Waals surface area (Å²) in [6.07, 6.45) is 7.03. The van der Waals surface area contributed by atoms with Gasteiger partial charge in [0.1, 0.15) is 17.4 Å². The SMILES string of the molecule is COc1ccc2c(c1)CC[C@H]1[C@H]2CC[C@@]2(C)[C@H]1CC[C@]2(O)C#C[C@H]1c2c(cc3c(c2OC)OCO3)CCN1C. The molecule has 2 aromatic rings. The first-order valence-corrected chi connectivity index (χ1v) is 14.5. The van der Waals surface area contributed by atoms with Gasteiger partial charge >= 0.3 is 0 Å². The molecule has 0 spiro atoms. The van der Waals surface area contributed by atoms with E-state index in [9.17, 15) is 5.11 Å². The molecule has 6 heteroatoms. The molecule has 6 nitrogen and oxygen atoms in total. The third-order valence-corrected chi connectivity index (χ3v) is 10.9. The Kier molecular flexibility index (Phi) is 5.84. The summed E-state index contributed by atoms with van der Waals surface area (Å²) in [5, 5.41) is 12.3. The second-order valence-electron chi connectivity index (χ2n) is 12.5. The van der Waals surface area contributed by atoms with E-state index >= 15 is 0 Å². The minimum absolute atomic E-state index is 0.169. The quantitative estimate of drug-likeness (QED) is 0.536. The fraction of sp³-hybridized carbons (Fsp3) is 0.576. The number of nitrogens with zero attached hydrogens (tertiary/aromatic N) is 1. The van der Waals surface area contributed by atoms with Crippen molar-refractivity contribution in [2.45, 2.75) is 69.4 Å². The van der Waals surface area contributed by atoms with Crippen molar-refractivity contribution in [3.05, 3.63) is 46.5 Å². The fourth-order valence-electron chi connectivity index (χ4n) is 8.71. The maximum Gasteiger partial charge on any atom is 0.231 e. The van der Waals surface area contributed by atoms with Gasteiger partial charge in [0.15, 0.2) is 11.5 Å². The van der Waals surface area contributed by atoms with E-state index in [2.05, 4.69) is 55.0 Å². The summed E-state index contributed by atoms with van der Waals surface area (Å²) in [6.45, 7) is 3.41. The third kappa shape index (κ3) is 3.62. The predicted molar refractivity (Wildman–Crippen MR) is 149 cm³/mol. The van der Waals surface area contributed by atoms with E-state index in [4.69, 9.17) is 18.9 Å². The highest BCUT2D eigenvalue weighted by Gasteiger charge is 2.61. The monoisotopic (exact) mass is 529 g/mol. The van der Waals surface area contributed by atoms with Crippen LogP contribution < -0.4 is 18.9 Å². The molecule has 0 radical (unpaired) electrons. The van der Waals surface area contributed by atoms with Gasteiger partial charge in [0.2, 0.25) is 12.5 Å². The van der Waals surface area contributed by atoms with Crippen molar-refractivity contribution in [1.29, 1.82) is 0 Å². The Morgan fingerprint density at radius 1 is 1.03 bits per heavy atom. The Bertz CT molecular complexity index is 1380. The highest BCUT2D eigenvalue weighted by atomic mass is 16.7. The second kappa shape index (κ2) is 9.08. The zero-order valence-electron chi connectivity index (χ0n) is 23.5. The fourth-order valence-corrected chi connectivity index (χ4v) is 8.71. The summed E-state index contributed by atoms with van der Waals surface area (Å²) in [6, 6.07) is 8.56. The molecule has 2 aromatic carbocycles. The summed E-state index contributed by atoms with van der Waals surface area (Å²) in [5.41, 5.74) is 3.98. The summed E-state index contributed by atoms with van der Waals surface area (Å²) in [7, 11) is 5.53. The van der Waals surface area contributed by atoms with Crippen LogP contribution in [0.2, 0.25) is 0 Å². The number of benzene rings is 2. The van der Waals surface area contributed by atoms with Crippen LogP contribution in [0.4, 0.5) is 0 Å². The molecule has 0 amide bonds. The van der Waals surface area contributed by atoms with Crippen molar-refractivity contribution in [3.8, 4) is 34.8 Å². The Balaban J connectivity index is 1.21. The van der Waals surface area contributed by atoms with Crippen molar-refractivity contribution in [2.75, 3.05) is 34.6 Å². The van der Waals surface area contributed by atoms with Gasteiger partial charge in [-0.3, -0.25) is 4.90 Å². The first-order valence-electron chi connectivity index (χ1n) is 14.5. The van der Waals surface area contributed by atoms with Crippen molar-refractivity contribution >= 4 is 0 Å². The molecule has 3 aliphatic carbocycles. The first-order chi connectivity index (χ1) is 18.9. The molecule has 0 aromatic heterocycles. The maximum absolute atomic E-state index is 12.3. The van der Waals surface area contributed by atoms with Crippen LogP contribution >= 0.6 is 0 Å². The van der Waals surface area contributed by atoms with Crippen LogP contribution in [0.1, 0.15) is 73.2 Å². The van der Waals surface area contributed by atoms with Crippen molar-refractivity contribution in [2.24, 2.45) is 17.3 Å². The van der Waals surface area contributed by atoms with E-state index in [0.29, 0.717) is 29.3 Å². The summed E-state index contributed by atoms with van der Waals surface area (Å²) in [5.74, 6) is 11.8. The molecule has 6 atom stereocenters. The van der Waals surface area contributed by atoms with Crippen LogP contribution in [0, 0.1) is 29.1 Å². The largest absolute Gasteiger partial charge is 0.497 e. The molecule has 206 valence electrons. The zero-order chi connectivity index (χ0) is 26.9. The predicted octanol–water partition coefficient (Wildman–Crippen LogP) is 5.25. The zero-order valence-corrected chi connectivity index (χ0v) is 23.5. The number of likely N-dealkylation sites (N-methyl/N-ethyl adjacent to an activating group) is 1. The average molecular weight is 530 g/mol. The number of ether oxygens (including phenoxy) is 4. The Morgan fingerprint density at radius 2 is 1.90 bits per heavy atom. The summed E-state index contributed by atoms with van der Waals surface area (Å²) < 4.78 is 22.8. The van der Waals surface area contributed by atoms with E-state index in [1.165, 1.54) is 23.1 Å². The van der Waals surface area contributed by atoms with Gasteiger partial charge in [-0.1, -0.05) is 24.8 Å². The number of methoxy groups -OCH3 is 2.